The van der Waals surface area contributed by atoms with Gasteiger partial charge >= 0.3 is 0 Å². The fraction of sp³-hybridized carbons (Fsp3) is 0.538. The maximum absolute atomic E-state index is 9.09. The largest absolute Gasteiger partial charge is 0.396 e. The van der Waals surface area contributed by atoms with Crippen molar-refractivity contribution in [2.24, 2.45) is 0 Å². The van der Waals surface area contributed by atoms with Crippen LogP contribution in [0.25, 0.3) is 0 Å². The van der Waals surface area contributed by atoms with Crippen LogP contribution in [0.15, 0.2) is 24.3 Å². The Morgan fingerprint density at radius 3 is 2.53 bits per heavy atom. The first kappa shape index (κ1) is 14.5. The third-order valence-corrected chi connectivity index (χ3v) is 2.91. The van der Waals surface area contributed by atoms with E-state index in [-0.39, 0.29) is 12.7 Å². The Hall–Kier alpha value is -0.610. The van der Waals surface area contributed by atoms with Gasteiger partial charge in [0.25, 0.3) is 0 Å². The number of hydrogen-bond acceptors (Lipinski definition) is 3. The van der Waals surface area contributed by atoms with E-state index in [0.717, 1.165) is 5.56 Å². The van der Waals surface area contributed by atoms with Crippen LogP contribution in [-0.4, -0.2) is 24.6 Å². The third kappa shape index (κ3) is 4.28. The number of benzene rings is 1. The van der Waals surface area contributed by atoms with Crippen LogP contribution in [-0.2, 0) is 9.47 Å². The Labute approximate surface area is 107 Å². The number of rotatable bonds is 6. The summed E-state index contributed by atoms with van der Waals surface area (Å²) in [4.78, 5) is 0. The van der Waals surface area contributed by atoms with E-state index in [1.54, 1.807) is 7.11 Å². The molecule has 1 unspecified atom stereocenters. The predicted octanol–water partition coefficient (Wildman–Crippen LogP) is 3.16. The van der Waals surface area contributed by atoms with Crippen molar-refractivity contribution in [3.63, 3.8) is 0 Å². The molecule has 0 aliphatic heterocycles. The third-order valence-electron chi connectivity index (χ3n) is 2.56. The molecule has 1 aromatic rings. The van der Waals surface area contributed by atoms with Crippen molar-refractivity contribution in [2.75, 3.05) is 13.7 Å². The Morgan fingerprint density at radius 1 is 1.35 bits per heavy atom. The SMILES string of the molecule is COC(C)(C)OC(CCO)c1ccccc1Cl. The van der Waals surface area contributed by atoms with Crippen LogP contribution in [0.1, 0.15) is 31.9 Å². The summed E-state index contributed by atoms with van der Waals surface area (Å²) >= 11 is 6.12. The van der Waals surface area contributed by atoms with Crippen molar-refractivity contribution in [1.82, 2.24) is 0 Å². The molecule has 3 nitrogen and oxygen atoms in total. The molecule has 0 heterocycles. The smallest absolute Gasteiger partial charge is 0.163 e. The van der Waals surface area contributed by atoms with E-state index in [1.807, 2.05) is 38.1 Å². The lowest BCUT2D eigenvalue weighted by atomic mass is 10.1. The van der Waals surface area contributed by atoms with E-state index in [2.05, 4.69) is 0 Å². The van der Waals surface area contributed by atoms with Crippen LogP contribution >= 0.6 is 11.6 Å². The molecule has 17 heavy (non-hydrogen) atoms. The van der Waals surface area contributed by atoms with Gasteiger partial charge in [-0.3, -0.25) is 0 Å². The average molecular weight is 259 g/mol. The topological polar surface area (TPSA) is 38.7 Å². The van der Waals surface area contributed by atoms with Gasteiger partial charge in [0.15, 0.2) is 5.79 Å². The number of aliphatic hydroxyl groups excluding tert-OH is 1. The first-order chi connectivity index (χ1) is 8.00. The summed E-state index contributed by atoms with van der Waals surface area (Å²) in [5, 5.41) is 9.73. The van der Waals surface area contributed by atoms with Crippen LogP contribution in [0.2, 0.25) is 5.02 Å². The Bertz CT molecular complexity index is 352. The Kier molecular flexibility index (Phi) is 5.40. The van der Waals surface area contributed by atoms with Crippen molar-refractivity contribution < 1.29 is 14.6 Å². The highest BCUT2D eigenvalue weighted by Gasteiger charge is 2.25. The van der Waals surface area contributed by atoms with Gasteiger partial charge in [-0.2, -0.15) is 0 Å². The summed E-state index contributed by atoms with van der Waals surface area (Å²) in [7, 11) is 1.59. The fourth-order valence-electron chi connectivity index (χ4n) is 1.52. The first-order valence-corrected chi connectivity index (χ1v) is 5.96. The molecule has 1 aromatic carbocycles. The number of hydrogen-bond donors (Lipinski definition) is 1. The van der Waals surface area contributed by atoms with Crippen LogP contribution in [0.5, 0.6) is 0 Å². The number of ether oxygens (including phenoxy) is 2. The molecular formula is C13H19ClO3. The number of aliphatic hydroxyl groups is 1. The van der Waals surface area contributed by atoms with Crippen molar-refractivity contribution in [2.45, 2.75) is 32.2 Å². The van der Waals surface area contributed by atoms with Crippen LogP contribution in [0.4, 0.5) is 0 Å². The van der Waals surface area contributed by atoms with Gasteiger partial charge in [-0.25, -0.2) is 0 Å². The molecule has 4 heteroatoms. The van der Waals surface area contributed by atoms with Crippen LogP contribution in [0.3, 0.4) is 0 Å². The molecule has 0 aromatic heterocycles. The van der Waals surface area contributed by atoms with E-state index in [4.69, 9.17) is 26.2 Å². The maximum Gasteiger partial charge on any atom is 0.163 e. The normalized spacial score (nSPS) is 13.7. The maximum atomic E-state index is 9.09. The highest BCUT2D eigenvalue weighted by molar-refractivity contribution is 6.31. The minimum absolute atomic E-state index is 0.0374. The lowest BCUT2D eigenvalue weighted by Crippen LogP contribution is -2.29. The molecule has 96 valence electrons. The molecule has 1 rings (SSSR count). The molecular weight excluding hydrogens is 240 g/mol. The summed E-state index contributed by atoms with van der Waals surface area (Å²) in [6, 6.07) is 7.47. The predicted molar refractivity (Wildman–Crippen MR) is 68.1 cm³/mol. The molecule has 1 atom stereocenters. The van der Waals surface area contributed by atoms with Gasteiger partial charge in [-0.05, 0) is 25.5 Å². The second-order valence-corrected chi connectivity index (χ2v) is 4.65. The lowest BCUT2D eigenvalue weighted by molar-refractivity contribution is -0.227. The summed E-state index contributed by atoms with van der Waals surface area (Å²) in [5.41, 5.74) is 0.869. The minimum atomic E-state index is -0.709. The fourth-order valence-corrected chi connectivity index (χ4v) is 1.78. The zero-order valence-corrected chi connectivity index (χ0v) is 11.2. The van der Waals surface area contributed by atoms with E-state index in [0.29, 0.717) is 11.4 Å². The molecule has 0 amide bonds. The van der Waals surface area contributed by atoms with E-state index >= 15 is 0 Å². The van der Waals surface area contributed by atoms with E-state index in [9.17, 15) is 0 Å². The summed E-state index contributed by atoms with van der Waals surface area (Å²) in [5.74, 6) is -0.709. The molecule has 0 saturated heterocycles. The average Bonchev–Trinajstić information content (AvgIpc) is 2.29. The zero-order valence-electron chi connectivity index (χ0n) is 10.4. The molecule has 0 spiro atoms. The Morgan fingerprint density at radius 2 is 2.00 bits per heavy atom. The highest BCUT2D eigenvalue weighted by atomic mass is 35.5. The second-order valence-electron chi connectivity index (χ2n) is 4.24. The second kappa shape index (κ2) is 6.36. The van der Waals surface area contributed by atoms with Gasteiger partial charge in [0.05, 0.1) is 6.10 Å². The minimum Gasteiger partial charge on any atom is -0.396 e. The van der Waals surface area contributed by atoms with E-state index < -0.39 is 5.79 Å². The van der Waals surface area contributed by atoms with Crippen molar-refractivity contribution >= 4 is 11.6 Å². The number of methoxy groups -OCH3 is 1. The van der Waals surface area contributed by atoms with Gasteiger partial charge in [0.1, 0.15) is 0 Å². The van der Waals surface area contributed by atoms with Gasteiger partial charge < -0.3 is 14.6 Å². The molecule has 1 N–H and O–H groups in total. The Balaban J connectivity index is 2.90. The summed E-state index contributed by atoms with van der Waals surface area (Å²) < 4.78 is 11.1. The number of halogens is 1. The van der Waals surface area contributed by atoms with Gasteiger partial charge in [-0.15, -0.1) is 0 Å². The highest BCUT2D eigenvalue weighted by Crippen LogP contribution is 2.31. The molecule has 0 bridgehead atoms. The van der Waals surface area contributed by atoms with Gasteiger partial charge in [0.2, 0.25) is 0 Å². The molecule has 0 fully saturated rings. The monoisotopic (exact) mass is 258 g/mol. The van der Waals surface area contributed by atoms with Crippen molar-refractivity contribution in [3.05, 3.63) is 34.9 Å². The van der Waals surface area contributed by atoms with Crippen molar-refractivity contribution in [1.29, 1.82) is 0 Å². The standard InChI is InChI=1S/C13H19ClO3/c1-13(2,16-3)17-12(8-9-15)10-6-4-5-7-11(10)14/h4-7,12,15H,8-9H2,1-3H3. The summed E-state index contributed by atoms with van der Waals surface area (Å²) in [6.45, 7) is 3.69. The van der Waals surface area contributed by atoms with E-state index in [1.165, 1.54) is 0 Å². The van der Waals surface area contributed by atoms with Crippen LogP contribution < -0.4 is 0 Å². The summed E-state index contributed by atoms with van der Waals surface area (Å²) in [6.07, 6.45) is 0.208. The first-order valence-electron chi connectivity index (χ1n) is 5.58. The van der Waals surface area contributed by atoms with Crippen molar-refractivity contribution in [3.8, 4) is 0 Å². The van der Waals surface area contributed by atoms with Gasteiger partial charge in [0, 0.05) is 25.2 Å². The quantitative estimate of drug-likeness (QED) is 0.797. The molecule has 0 aliphatic carbocycles. The zero-order chi connectivity index (χ0) is 12.9. The molecule has 0 saturated carbocycles. The van der Waals surface area contributed by atoms with Crippen LogP contribution in [0, 0.1) is 0 Å². The van der Waals surface area contributed by atoms with Gasteiger partial charge in [-0.1, -0.05) is 29.8 Å². The molecule has 0 radical (unpaired) electrons. The lowest BCUT2D eigenvalue weighted by Gasteiger charge is -2.30. The molecule has 0 aliphatic rings.